The number of hydrogen-bond acceptors (Lipinski definition) is 4. The zero-order chi connectivity index (χ0) is 14.1. The van der Waals surface area contributed by atoms with Gasteiger partial charge in [-0.15, -0.1) is 11.3 Å². The predicted molar refractivity (Wildman–Crippen MR) is 83.2 cm³/mol. The number of benzene rings is 1. The van der Waals surface area contributed by atoms with E-state index in [-0.39, 0.29) is 12.1 Å². The zero-order valence-corrected chi connectivity index (χ0v) is 13.3. The summed E-state index contributed by atoms with van der Waals surface area (Å²) in [5, 5.41) is 2.67. The van der Waals surface area contributed by atoms with Gasteiger partial charge in [0, 0.05) is 15.4 Å². The lowest BCUT2D eigenvalue weighted by Crippen LogP contribution is -2.32. The average Bonchev–Trinajstić information content (AvgIpc) is 3.04. The molecule has 1 aliphatic heterocycles. The first-order valence-electron chi connectivity index (χ1n) is 6.36. The highest BCUT2D eigenvalue weighted by Crippen LogP contribution is 2.32. The van der Waals surface area contributed by atoms with Gasteiger partial charge >= 0.3 is 6.09 Å². The number of amides is 1. The summed E-state index contributed by atoms with van der Waals surface area (Å²) in [6, 6.07) is 8.05. The first-order valence-corrected chi connectivity index (χ1v) is 8.03. The highest BCUT2D eigenvalue weighted by atomic mass is 79.9. The molecule has 3 rings (SSSR count). The molecular weight excluding hydrogens is 340 g/mol. The summed E-state index contributed by atoms with van der Waals surface area (Å²) in [6.07, 6.45) is 0.560. The maximum Gasteiger partial charge on any atom is 0.416 e. The lowest BCUT2D eigenvalue weighted by atomic mass is 10.2. The molecule has 0 spiro atoms. The molecule has 1 amide bonds. The predicted octanol–water partition coefficient (Wildman–Crippen LogP) is 4.31. The Morgan fingerprint density at radius 1 is 1.55 bits per heavy atom. The molecule has 2 heterocycles. The van der Waals surface area contributed by atoms with Crippen molar-refractivity contribution < 1.29 is 9.53 Å². The molecule has 0 N–H and O–H groups in total. The van der Waals surface area contributed by atoms with E-state index in [4.69, 9.17) is 4.74 Å². The van der Waals surface area contributed by atoms with Crippen molar-refractivity contribution in [2.75, 3.05) is 11.5 Å². The Hall–Kier alpha value is -1.40. The maximum atomic E-state index is 11.8. The van der Waals surface area contributed by atoms with Crippen molar-refractivity contribution in [3.63, 3.8) is 0 Å². The second-order valence-electron chi connectivity index (χ2n) is 4.53. The SMILES string of the molecule is CC[C@@H]1COC(=O)N1c1nc(-c2cccc(Br)c2)cs1. The van der Waals surface area contributed by atoms with Crippen molar-refractivity contribution in [2.45, 2.75) is 19.4 Å². The smallest absolute Gasteiger partial charge is 0.416 e. The number of nitrogens with zero attached hydrogens (tertiary/aromatic N) is 2. The Balaban J connectivity index is 1.92. The number of ether oxygens (including phenoxy) is 1. The van der Waals surface area contributed by atoms with Gasteiger partial charge in [0.15, 0.2) is 5.13 Å². The Labute approximate surface area is 129 Å². The molecule has 4 nitrogen and oxygen atoms in total. The van der Waals surface area contributed by atoms with Crippen LogP contribution in [0, 0.1) is 0 Å². The van der Waals surface area contributed by atoms with Crippen LogP contribution in [0.5, 0.6) is 0 Å². The fourth-order valence-corrected chi connectivity index (χ4v) is 3.44. The fourth-order valence-electron chi connectivity index (χ4n) is 2.15. The van der Waals surface area contributed by atoms with Crippen LogP contribution < -0.4 is 4.90 Å². The molecule has 6 heteroatoms. The summed E-state index contributed by atoms with van der Waals surface area (Å²) >= 11 is 4.92. The van der Waals surface area contributed by atoms with Gasteiger partial charge in [-0.05, 0) is 18.6 Å². The van der Waals surface area contributed by atoms with Gasteiger partial charge in [0.25, 0.3) is 0 Å². The molecule has 1 atom stereocenters. The van der Waals surface area contributed by atoms with E-state index in [0.29, 0.717) is 11.7 Å². The second kappa shape index (κ2) is 5.54. The normalized spacial score (nSPS) is 18.4. The molecule has 104 valence electrons. The average molecular weight is 353 g/mol. The van der Waals surface area contributed by atoms with Crippen LogP contribution in [0.1, 0.15) is 13.3 Å². The van der Waals surface area contributed by atoms with Crippen LogP contribution in [0.25, 0.3) is 11.3 Å². The van der Waals surface area contributed by atoms with E-state index in [1.54, 1.807) is 4.90 Å². The Morgan fingerprint density at radius 3 is 3.15 bits per heavy atom. The standard InChI is InChI=1S/C14H13BrN2O2S/c1-2-11-7-19-14(18)17(11)13-16-12(8-20-13)9-4-3-5-10(15)6-9/h3-6,8,11H,2,7H2,1H3/t11-/m1/s1. The van der Waals surface area contributed by atoms with Crippen LogP contribution in [-0.4, -0.2) is 23.7 Å². The molecule has 1 aliphatic rings. The third-order valence-electron chi connectivity index (χ3n) is 3.25. The Morgan fingerprint density at radius 2 is 2.40 bits per heavy atom. The minimum absolute atomic E-state index is 0.0870. The number of thiazole rings is 1. The maximum absolute atomic E-state index is 11.8. The van der Waals surface area contributed by atoms with E-state index < -0.39 is 0 Å². The summed E-state index contributed by atoms with van der Waals surface area (Å²) in [5.74, 6) is 0. The molecule has 1 aromatic heterocycles. The van der Waals surface area contributed by atoms with Crippen molar-refractivity contribution in [1.82, 2.24) is 4.98 Å². The van der Waals surface area contributed by atoms with E-state index >= 15 is 0 Å². The van der Waals surface area contributed by atoms with Gasteiger partial charge in [-0.3, -0.25) is 0 Å². The quantitative estimate of drug-likeness (QED) is 0.826. The van der Waals surface area contributed by atoms with Crippen LogP contribution in [0.15, 0.2) is 34.1 Å². The zero-order valence-electron chi connectivity index (χ0n) is 10.9. The molecule has 0 bridgehead atoms. The Bertz CT molecular complexity index is 644. The van der Waals surface area contributed by atoms with Gasteiger partial charge < -0.3 is 4.74 Å². The highest BCUT2D eigenvalue weighted by molar-refractivity contribution is 9.10. The van der Waals surface area contributed by atoms with Crippen molar-refractivity contribution in [2.24, 2.45) is 0 Å². The minimum atomic E-state index is -0.299. The minimum Gasteiger partial charge on any atom is -0.447 e. The van der Waals surface area contributed by atoms with Crippen LogP contribution in [0.2, 0.25) is 0 Å². The molecule has 1 fully saturated rings. The summed E-state index contributed by atoms with van der Waals surface area (Å²) in [6.45, 7) is 2.49. The summed E-state index contributed by atoms with van der Waals surface area (Å²) in [5.41, 5.74) is 1.91. The van der Waals surface area contributed by atoms with E-state index in [2.05, 4.69) is 20.9 Å². The largest absolute Gasteiger partial charge is 0.447 e. The topological polar surface area (TPSA) is 42.4 Å². The van der Waals surface area contributed by atoms with Gasteiger partial charge in [-0.2, -0.15) is 0 Å². The number of aromatic nitrogens is 1. The molecule has 0 radical (unpaired) electrons. The second-order valence-corrected chi connectivity index (χ2v) is 6.29. The van der Waals surface area contributed by atoms with E-state index in [1.807, 2.05) is 36.6 Å². The van der Waals surface area contributed by atoms with Crippen molar-refractivity contribution in [3.8, 4) is 11.3 Å². The van der Waals surface area contributed by atoms with E-state index in [1.165, 1.54) is 11.3 Å². The first-order chi connectivity index (χ1) is 9.69. The molecule has 1 saturated heterocycles. The Kier molecular flexibility index (Phi) is 3.76. The number of hydrogen-bond donors (Lipinski definition) is 0. The van der Waals surface area contributed by atoms with Crippen molar-refractivity contribution >= 4 is 38.5 Å². The van der Waals surface area contributed by atoms with Gasteiger partial charge in [0.1, 0.15) is 6.61 Å². The molecule has 1 aromatic carbocycles. The summed E-state index contributed by atoms with van der Waals surface area (Å²) in [4.78, 5) is 18.0. The fraction of sp³-hybridized carbons (Fsp3) is 0.286. The van der Waals surface area contributed by atoms with E-state index in [0.717, 1.165) is 22.2 Å². The monoisotopic (exact) mass is 352 g/mol. The third kappa shape index (κ3) is 2.45. The summed E-state index contributed by atoms with van der Waals surface area (Å²) in [7, 11) is 0. The van der Waals surface area contributed by atoms with Crippen molar-refractivity contribution in [1.29, 1.82) is 0 Å². The molecule has 20 heavy (non-hydrogen) atoms. The van der Waals surface area contributed by atoms with Crippen LogP contribution >= 0.6 is 27.3 Å². The lowest BCUT2D eigenvalue weighted by molar-refractivity contribution is 0.178. The van der Waals surface area contributed by atoms with Gasteiger partial charge in [-0.1, -0.05) is 35.0 Å². The van der Waals surface area contributed by atoms with Gasteiger partial charge in [0.05, 0.1) is 11.7 Å². The van der Waals surface area contributed by atoms with Gasteiger partial charge in [0.2, 0.25) is 0 Å². The number of anilines is 1. The molecule has 0 aliphatic carbocycles. The first kappa shape index (κ1) is 13.6. The van der Waals surface area contributed by atoms with Crippen molar-refractivity contribution in [3.05, 3.63) is 34.1 Å². The third-order valence-corrected chi connectivity index (χ3v) is 4.58. The van der Waals surface area contributed by atoms with Gasteiger partial charge in [-0.25, -0.2) is 14.7 Å². The molecular formula is C14H13BrN2O2S. The number of carbonyl (C=O) groups excluding carboxylic acids is 1. The lowest BCUT2D eigenvalue weighted by Gasteiger charge is -2.16. The molecule has 0 unspecified atom stereocenters. The number of cyclic esters (lactones) is 1. The number of rotatable bonds is 3. The van der Waals surface area contributed by atoms with Crippen LogP contribution in [0.3, 0.4) is 0 Å². The molecule has 0 saturated carbocycles. The highest BCUT2D eigenvalue weighted by Gasteiger charge is 2.34. The van der Waals surface area contributed by atoms with E-state index in [9.17, 15) is 4.79 Å². The number of carbonyl (C=O) groups is 1. The van der Waals surface area contributed by atoms with Crippen LogP contribution in [0.4, 0.5) is 9.93 Å². The van der Waals surface area contributed by atoms with Crippen LogP contribution in [-0.2, 0) is 4.74 Å². The summed E-state index contributed by atoms with van der Waals surface area (Å²) < 4.78 is 6.11. The molecule has 2 aromatic rings. The number of halogens is 1.